The van der Waals surface area contributed by atoms with Crippen molar-refractivity contribution in [3.63, 3.8) is 0 Å². The van der Waals surface area contributed by atoms with Crippen LogP contribution >= 0.6 is 24.0 Å². The Morgan fingerprint density at radius 3 is 2.27 bits per heavy atom. The second kappa shape index (κ2) is 8.66. The summed E-state index contributed by atoms with van der Waals surface area (Å²) in [7, 11) is 1.42. The molecule has 0 amide bonds. The van der Waals surface area contributed by atoms with E-state index in [1.165, 1.54) is 13.1 Å². The van der Waals surface area contributed by atoms with Crippen LogP contribution in [0.5, 0.6) is 0 Å². The first-order valence-electron chi connectivity index (χ1n) is 7.75. The maximum absolute atomic E-state index is 12.8. The number of rotatable bonds is 5. The molecule has 3 nitrogen and oxygen atoms in total. The van der Waals surface area contributed by atoms with Crippen LogP contribution in [0.4, 0.5) is 26.3 Å². The summed E-state index contributed by atoms with van der Waals surface area (Å²) >= 11 is 0. The highest BCUT2D eigenvalue weighted by molar-refractivity contribution is 14.0. The molecule has 0 unspecified atom stereocenters. The Bertz CT molecular complexity index is 623. The van der Waals surface area contributed by atoms with Crippen molar-refractivity contribution in [1.82, 2.24) is 10.6 Å². The second-order valence-corrected chi connectivity index (χ2v) is 6.08. The molecule has 0 saturated heterocycles. The molecule has 10 heteroatoms. The number of alkyl halides is 6. The number of guanidine groups is 1. The largest absolute Gasteiger partial charge is 0.416 e. The van der Waals surface area contributed by atoms with Crippen LogP contribution in [-0.2, 0) is 11.6 Å². The van der Waals surface area contributed by atoms with Gasteiger partial charge in [0.05, 0.1) is 12.0 Å². The lowest BCUT2D eigenvalue weighted by molar-refractivity contribution is -0.137. The van der Waals surface area contributed by atoms with E-state index in [0.29, 0.717) is 24.9 Å². The van der Waals surface area contributed by atoms with Crippen LogP contribution in [0, 0.1) is 0 Å². The molecule has 2 rings (SSSR count). The SMILES string of the molecule is CN=C(NCCC(F)(F)F)NCC1(c2cccc(C(F)(F)F)c2)CC1.I. The summed E-state index contributed by atoms with van der Waals surface area (Å²) in [5.41, 5.74) is -0.576. The molecule has 26 heavy (non-hydrogen) atoms. The first-order valence-corrected chi connectivity index (χ1v) is 7.75. The van der Waals surface area contributed by atoms with Crippen LogP contribution in [0.25, 0.3) is 0 Å². The van der Waals surface area contributed by atoms with Crippen molar-refractivity contribution in [2.45, 2.75) is 37.0 Å². The van der Waals surface area contributed by atoms with Gasteiger partial charge in [-0.3, -0.25) is 4.99 Å². The molecule has 1 aromatic rings. The third-order valence-electron chi connectivity index (χ3n) is 4.17. The van der Waals surface area contributed by atoms with Gasteiger partial charge in [0.2, 0.25) is 0 Å². The van der Waals surface area contributed by atoms with Gasteiger partial charge in [0.15, 0.2) is 5.96 Å². The Balaban J connectivity index is 0.00000338. The highest BCUT2D eigenvalue weighted by atomic mass is 127. The lowest BCUT2D eigenvalue weighted by Crippen LogP contribution is -2.42. The maximum atomic E-state index is 12.8. The van der Waals surface area contributed by atoms with E-state index in [2.05, 4.69) is 15.6 Å². The van der Waals surface area contributed by atoms with Crippen molar-refractivity contribution in [3.8, 4) is 0 Å². The van der Waals surface area contributed by atoms with Crippen LogP contribution in [0.3, 0.4) is 0 Å². The first kappa shape index (κ1) is 22.8. The fourth-order valence-corrected chi connectivity index (χ4v) is 2.54. The van der Waals surface area contributed by atoms with Gasteiger partial charge in [0.1, 0.15) is 0 Å². The molecule has 1 aliphatic carbocycles. The molecule has 1 saturated carbocycles. The van der Waals surface area contributed by atoms with Crippen LogP contribution < -0.4 is 10.6 Å². The molecule has 0 atom stereocenters. The standard InChI is InChI=1S/C16H19F6N3.HI/c1-23-13(24-8-7-15(17,18)19)25-10-14(5-6-14)11-3-2-4-12(9-11)16(20,21)22;/h2-4,9H,5-8,10H2,1H3,(H2,23,24,25);1H. The van der Waals surface area contributed by atoms with Crippen molar-refractivity contribution in [3.05, 3.63) is 35.4 Å². The minimum absolute atomic E-state index is 0. The number of benzene rings is 1. The van der Waals surface area contributed by atoms with E-state index < -0.39 is 29.8 Å². The molecule has 0 aromatic heterocycles. The minimum Gasteiger partial charge on any atom is -0.356 e. The number of nitrogens with one attached hydrogen (secondary N) is 2. The lowest BCUT2D eigenvalue weighted by atomic mass is 9.94. The zero-order chi connectivity index (χ0) is 18.7. The van der Waals surface area contributed by atoms with Crippen molar-refractivity contribution in [2.75, 3.05) is 20.1 Å². The summed E-state index contributed by atoms with van der Waals surface area (Å²) in [6.45, 7) is -0.0142. The number of hydrogen-bond donors (Lipinski definition) is 2. The maximum Gasteiger partial charge on any atom is 0.416 e. The molecule has 0 radical (unpaired) electrons. The molecule has 0 spiro atoms. The molecule has 1 fully saturated rings. The van der Waals surface area contributed by atoms with Gasteiger partial charge in [0, 0.05) is 25.6 Å². The predicted molar refractivity (Wildman–Crippen MR) is 97.8 cm³/mol. The van der Waals surface area contributed by atoms with E-state index in [-0.39, 0.29) is 36.5 Å². The summed E-state index contributed by atoms with van der Waals surface area (Å²) in [5, 5.41) is 5.46. The average molecular weight is 495 g/mol. The second-order valence-electron chi connectivity index (χ2n) is 6.08. The van der Waals surface area contributed by atoms with Gasteiger partial charge in [-0.15, -0.1) is 24.0 Å². The van der Waals surface area contributed by atoms with Crippen LogP contribution in [0.2, 0.25) is 0 Å². The van der Waals surface area contributed by atoms with Gasteiger partial charge in [-0.05, 0) is 24.5 Å². The molecule has 148 valence electrons. The highest BCUT2D eigenvalue weighted by Gasteiger charge is 2.45. The monoisotopic (exact) mass is 495 g/mol. The Morgan fingerprint density at radius 2 is 1.77 bits per heavy atom. The van der Waals surface area contributed by atoms with Crippen LogP contribution in [-0.4, -0.2) is 32.3 Å². The molecular weight excluding hydrogens is 475 g/mol. The molecule has 0 heterocycles. The fourth-order valence-electron chi connectivity index (χ4n) is 2.54. The van der Waals surface area contributed by atoms with E-state index in [1.807, 2.05) is 0 Å². The first-order chi connectivity index (χ1) is 11.6. The highest BCUT2D eigenvalue weighted by Crippen LogP contribution is 2.48. The van der Waals surface area contributed by atoms with Gasteiger partial charge in [-0.2, -0.15) is 26.3 Å². The predicted octanol–water partition coefficient (Wildman–Crippen LogP) is 4.47. The van der Waals surface area contributed by atoms with Crippen molar-refractivity contribution in [2.24, 2.45) is 4.99 Å². The van der Waals surface area contributed by atoms with Gasteiger partial charge >= 0.3 is 12.4 Å². The van der Waals surface area contributed by atoms with Crippen molar-refractivity contribution < 1.29 is 26.3 Å². The van der Waals surface area contributed by atoms with Gasteiger partial charge in [0.25, 0.3) is 0 Å². The van der Waals surface area contributed by atoms with E-state index in [9.17, 15) is 26.3 Å². The molecule has 1 aromatic carbocycles. The van der Waals surface area contributed by atoms with Gasteiger partial charge in [-0.1, -0.05) is 18.2 Å². The number of halogens is 7. The lowest BCUT2D eigenvalue weighted by Gasteiger charge is -2.20. The zero-order valence-electron chi connectivity index (χ0n) is 14.0. The average Bonchev–Trinajstić information content (AvgIpc) is 3.30. The third kappa shape index (κ3) is 6.51. The van der Waals surface area contributed by atoms with Crippen molar-refractivity contribution >= 4 is 29.9 Å². The molecule has 1 aliphatic rings. The van der Waals surface area contributed by atoms with E-state index >= 15 is 0 Å². The Morgan fingerprint density at radius 1 is 1.12 bits per heavy atom. The quantitative estimate of drug-likeness (QED) is 0.274. The minimum atomic E-state index is -4.41. The number of hydrogen-bond acceptors (Lipinski definition) is 1. The summed E-state index contributed by atoms with van der Waals surface area (Å²) < 4.78 is 75.0. The normalized spacial score (nSPS) is 16.7. The molecule has 0 bridgehead atoms. The van der Waals surface area contributed by atoms with Crippen LogP contribution in [0.1, 0.15) is 30.4 Å². The van der Waals surface area contributed by atoms with Crippen molar-refractivity contribution in [1.29, 1.82) is 0 Å². The Kier molecular flexibility index (Phi) is 7.61. The van der Waals surface area contributed by atoms with E-state index in [0.717, 1.165) is 12.1 Å². The smallest absolute Gasteiger partial charge is 0.356 e. The third-order valence-corrected chi connectivity index (χ3v) is 4.17. The summed E-state index contributed by atoms with van der Waals surface area (Å²) in [5.74, 6) is 0.197. The Labute approximate surface area is 164 Å². The number of nitrogens with zero attached hydrogens (tertiary/aromatic N) is 1. The van der Waals surface area contributed by atoms with Gasteiger partial charge in [-0.25, -0.2) is 0 Å². The van der Waals surface area contributed by atoms with E-state index in [1.54, 1.807) is 6.07 Å². The number of aliphatic imine (C=N–C) groups is 1. The Hall–Kier alpha value is -1.20. The fraction of sp³-hybridized carbons (Fsp3) is 0.562. The summed E-state index contributed by atoms with van der Waals surface area (Å²) in [4.78, 5) is 3.84. The topological polar surface area (TPSA) is 36.4 Å². The molecule has 0 aliphatic heterocycles. The zero-order valence-corrected chi connectivity index (χ0v) is 16.3. The molecular formula is C16H20F6IN3. The van der Waals surface area contributed by atoms with E-state index in [4.69, 9.17) is 0 Å². The summed E-state index contributed by atoms with van der Waals surface area (Å²) in [6.07, 6.45) is -8.25. The summed E-state index contributed by atoms with van der Waals surface area (Å²) in [6, 6.07) is 5.16. The van der Waals surface area contributed by atoms with Gasteiger partial charge < -0.3 is 10.6 Å². The van der Waals surface area contributed by atoms with Crippen LogP contribution in [0.15, 0.2) is 29.3 Å². The molecule has 2 N–H and O–H groups in total.